The van der Waals surface area contributed by atoms with Gasteiger partial charge in [-0.25, -0.2) is 0 Å². The number of nitro benzene ring substituents is 1. The highest BCUT2D eigenvalue weighted by Crippen LogP contribution is 2.27. The number of ether oxygens (including phenoxy) is 1. The maximum Gasteiger partial charge on any atom is 0.275 e. The van der Waals surface area contributed by atoms with Gasteiger partial charge in [0.15, 0.2) is 0 Å². The second-order valence-electron chi connectivity index (χ2n) is 4.29. The van der Waals surface area contributed by atoms with Gasteiger partial charge in [0, 0.05) is 6.07 Å². The van der Waals surface area contributed by atoms with Crippen LogP contribution >= 0.6 is 0 Å². The van der Waals surface area contributed by atoms with E-state index in [0.29, 0.717) is 17.9 Å². The summed E-state index contributed by atoms with van der Waals surface area (Å²) in [7, 11) is 0. The molecule has 6 heteroatoms. The van der Waals surface area contributed by atoms with E-state index in [4.69, 9.17) is 15.1 Å². The quantitative estimate of drug-likeness (QED) is 0.672. The molecular formula is C15H12N2O4. The molecule has 0 aromatic heterocycles. The molecule has 2 aromatic carbocycles. The Morgan fingerprint density at radius 2 is 1.86 bits per heavy atom. The number of hydrogen-bond acceptors (Lipinski definition) is 5. The third kappa shape index (κ3) is 3.55. The van der Waals surface area contributed by atoms with Crippen LogP contribution in [0.3, 0.4) is 0 Å². The SMILES string of the molecule is N#CCc1ccc(Oc2ccc([N+](=O)[O-])c(CO)c2)cc1. The van der Waals surface area contributed by atoms with E-state index in [1.165, 1.54) is 18.2 Å². The minimum atomic E-state index is -0.550. The van der Waals surface area contributed by atoms with Gasteiger partial charge >= 0.3 is 0 Å². The lowest BCUT2D eigenvalue weighted by Gasteiger charge is -2.07. The number of nitrogens with zero attached hydrogens (tertiary/aromatic N) is 2. The van der Waals surface area contributed by atoms with E-state index in [1.54, 1.807) is 24.3 Å². The highest BCUT2D eigenvalue weighted by Gasteiger charge is 2.14. The summed E-state index contributed by atoms with van der Waals surface area (Å²) in [5.74, 6) is 0.951. The molecule has 2 rings (SSSR count). The monoisotopic (exact) mass is 284 g/mol. The number of nitro groups is 1. The van der Waals surface area contributed by atoms with Crippen molar-refractivity contribution in [1.82, 2.24) is 0 Å². The average Bonchev–Trinajstić information content (AvgIpc) is 2.49. The van der Waals surface area contributed by atoms with Crippen molar-refractivity contribution < 1.29 is 14.8 Å². The van der Waals surface area contributed by atoms with Crippen LogP contribution in [0.25, 0.3) is 0 Å². The summed E-state index contributed by atoms with van der Waals surface area (Å²) in [6.07, 6.45) is 0.326. The Bertz CT molecular complexity index is 690. The van der Waals surface area contributed by atoms with Crippen LogP contribution in [-0.2, 0) is 13.0 Å². The molecule has 6 nitrogen and oxygen atoms in total. The van der Waals surface area contributed by atoms with Crippen LogP contribution in [0, 0.1) is 21.4 Å². The molecule has 106 valence electrons. The summed E-state index contributed by atoms with van der Waals surface area (Å²) in [6, 6.07) is 13.2. The number of rotatable bonds is 5. The van der Waals surface area contributed by atoms with Crippen molar-refractivity contribution in [1.29, 1.82) is 5.26 Å². The molecule has 0 aliphatic carbocycles. The molecule has 2 aromatic rings. The maximum atomic E-state index is 10.8. The molecule has 0 amide bonds. The minimum absolute atomic E-state index is 0.144. The zero-order valence-electron chi connectivity index (χ0n) is 11.0. The Morgan fingerprint density at radius 1 is 1.19 bits per heavy atom. The Kier molecular flexibility index (Phi) is 4.49. The van der Waals surface area contributed by atoms with Crippen LogP contribution < -0.4 is 4.74 Å². The van der Waals surface area contributed by atoms with Crippen molar-refractivity contribution in [3.05, 3.63) is 63.7 Å². The van der Waals surface area contributed by atoms with Gasteiger partial charge in [-0.2, -0.15) is 5.26 Å². The summed E-state index contributed by atoms with van der Waals surface area (Å²) in [5.41, 5.74) is 0.928. The molecule has 0 aliphatic heterocycles. The van der Waals surface area contributed by atoms with Gasteiger partial charge in [0.25, 0.3) is 5.69 Å². The van der Waals surface area contributed by atoms with Crippen molar-refractivity contribution >= 4 is 5.69 Å². The van der Waals surface area contributed by atoms with Crippen molar-refractivity contribution in [2.75, 3.05) is 0 Å². The molecule has 0 saturated carbocycles. The third-order valence-corrected chi connectivity index (χ3v) is 2.86. The lowest BCUT2D eigenvalue weighted by molar-refractivity contribution is -0.385. The molecule has 0 aliphatic rings. The summed E-state index contributed by atoms with van der Waals surface area (Å²) in [5, 5.41) is 28.5. The van der Waals surface area contributed by atoms with E-state index in [1.807, 2.05) is 0 Å². The molecule has 0 atom stereocenters. The van der Waals surface area contributed by atoms with E-state index >= 15 is 0 Å². The van der Waals surface area contributed by atoms with Gasteiger partial charge in [-0.15, -0.1) is 0 Å². The highest BCUT2D eigenvalue weighted by molar-refractivity contribution is 5.46. The molecule has 0 saturated heterocycles. The molecular weight excluding hydrogens is 272 g/mol. The molecule has 1 N–H and O–H groups in total. The number of benzene rings is 2. The first kappa shape index (κ1) is 14.5. The van der Waals surface area contributed by atoms with E-state index in [9.17, 15) is 10.1 Å². The lowest BCUT2D eigenvalue weighted by Crippen LogP contribution is -1.96. The Morgan fingerprint density at radius 3 is 2.43 bits per heavy atom. The second-order valence-corrected chi connectivity index (χ2v) is 4.29. The van der Waals surface area contributed by atoms with Crippen LogP contribution in [-0.4, -0.2) is 10.0 Å². The first-order chi connectivity index (χ1) is 10.1. The van der Waals surface area contributed by atoms with Crippen molar-refractivity contribution in [3.63, 3.8) is 0 Å². The van der Waals surface area contributed by atoms with Crippen LogP contribution in [0.1, 0.15) is 11.1 Å². The molecule has 0 bridgehead atoms. The molecule has 0 heterocycles. The van der Waals surface area contributed by atoms with Gasteiger partial charge in [0.2, 0.25) is 0 Å². The molecule has 0 fully saturated rings. The summed E-state index contributed by atoms with van der Waals surface area (Å²) < 4.78 is 5.57. The Hall–Kier alpha value is -2.91. The maximum absolute atomic E-state index is 10.8. The van der Waals surface area contributed by atoms with Crippen LogP contribution in [0.2, 0.25) is 0 Å². The van der Waals surface area contributed by atoms with Gasteiger partial charge in [0.05, 0.1) is 29.6 Å². The highest BCUT2D eigenvalue weighted by atomic mass is 16.6. The number of nitriles is 1. The van der Waals surface area contributed by atoms with Gasteiger partial charge < -0.3 is 9.84 Å². The standard InChI is InChI=1S/C15H12N2O4/c16-8-7-11-1-3-13(4-2-11)21-14-5-6-15(17(19)20)12(9-14)10-18/h1-6,9,18H,7,10H2. The lowest BCUT2D eigenvalue weighted by atomic mass is 10.1. The number of hydrogen-bond donors (Lipinski definition) is 1. The zero-order valence-corrected chi connectivity index (χ0v) is 11.0. The largest absolute Gasteiger partial charge is 0.457 e. The van der Waals surface area contributed by atoms with Crippen molar-refractivity contribution in [2.45, 2.75) is 13.0 Å². The van der Waals surface area contributed by atoms with Crippen LogP contribution in [0.5, 0.6) is 11.5 Å². The van der Waals surface area contributed by atoms with Crippen molar-refractivity contribution in [2.24, 2.45) is 0 Å². The Labute approximate surface area is 121 Å². The summed E-state index contributed by atoms with van der Waals surface area (Å²) in [4.78, 5) is 10.2. The number of aliphatic hydroxyl groups excluding tert-OH is 1. The summed E-state index contributed by atoms with van der Waals surface area (Å²) in [6.45, 7) is -0.436. The second kappa shape index (κ2) is 6.50. The third-order valence-electron chi connectivity index (χ3n) is 2.86. The van der Waals surface area contributed by atoms with E-state index in [2.05, 4.69) is 6.07 Å². The van der Waals surface area contributed by atoms with E-state index < -0.39 is 11.5 Å². The normalized spacial score (nSPS) is 9.90. The van der Waals surface area contributed by atoms with E-state index in [-0.39, 0.29) is 11.3 Å². The first-order valence-corrected chi connectivity index (χ1v) is 6.16. The Balaban J connectivity index is 2.19. The minimum Gasteiger partial charge on any atom is -0.457 e. The van der Waals surface area contributed by atoms with Gasteiger partial charge in [-0.3, -0.25) is 10.1 Å². The average molecular weight is 284 g/mol. The fourth-order valence-corrected chi connectivity index (χ4v) is 1.83. The predicted octanol–water partition coefficient (Wildman–Crippen LogP) is 2.95. The fourth-order valence-electron chi connectivity index (χ4n) is 1.83. The van der Waals surface area contributed by atoms with E-state index in [0.717, 1.165) is 5.56 Å². The molecule has 21 heavy (non-hydrogen) atoms. The van der Waals surface area contributed by atoms with Crippen molar-refractivity contribution in [3.8, 4) is 17.6 Å². The topological polar surface area (TPSA) is 96.4 Å². The van der Waals surface area contributed by atoms with Crippen LogP contribution in [0.15, 0.2) is 42.5 Å². The zero-order chi connectivity index (χ0) is 15.2. The smallest absolute Gasteiger partial charge is 0.275 e. The number of aliphatic hydroxyl groups is 1. The molecule has 0 radical (unpaired) electrons. The van der Waals surface area contributed by atoms with Crippen LogP contribution in [0.4, 0.5) is 5.69 Å². The first-order valence-electron chi connectivity index (χ1n) is 6.16. The fraction of sp³-hybridized carbons (Fsp3) is 0.133. The van der Waals surface area contributed by atoms with Gasteiger partial charge in [-0.1, -0.05) is 12.1 Å². The van der Waals surface area contributed by atoms with Gasteiger partial charge in [0.1, 0.15) is 11.5 Å². The molecule has 0 unspecified atom stereocenters. The summed E-state index contributed by atoms with van der Waals surface area (Å²) >= 11 is 0. The van der Waals surface area contributed by atoms with Gasteiger partial charge in [-0.05, 0) is 29.8 Å². The predicted molar refractivity (Wildman–Crippen MR) is 74.9 cm³/mol. The molecule has 0 spiro atoms.